The predicted molar refractivity (Wildman–Crippen MR) is 47.3 cm³/mol. The molecule has 5 heteroatoms. The number of hydrogen-bond donors (Lipinski definition) is 0. The number of fused-ring (bicyclic) bond motifs is 1. The van der Waals surface area contributed by atoms with Crippen LogP contribution in [-0.2, 0) is 0 Å². The zero-order valence-electron chi connectivity index (χ0n) is 6.76. The van der Waals surface area contributed by atoms with Crippen molar-refractivity contribution in [3.8, 4) is 5.75 Å². The zero-order valence-corrected chi connectivity index (χ0v) is 7.58. The standard InChI is InChI=1S/C9H4F3OS/c10-9(11,12)13-7-3-1-2-6-4-5-14-8(6)7/h1-3,5H. The van der Waals surface area contributed by atoms with Crippen molar-refractivity contribution in [2.75, 3.05) is 0 Å². The molecular formula is C9H4F3OS. The van der Waals surface area contributed by atoms with Crippen molar-refractivity contribution < 1.29 is 17.9 Å². The van der Waals surface area contributed by atoms with Crippen molar-refractivity contribution in [1.29, 1.82) is 0 Å². The summed E-state index contributed by atoms with van der Waals surface area (Å²) in [5, 5.41) is 2.24. The summed E-state index contributed by atoms with van der Waals surface area (Å²) in [6, 6.07) is 7.30. The first kappa shape index (κ1) is 9.33. The first-order valence-electron chi connectivity index (χ1n) is 3.70. The molecule has 0 amide bonds. The quantitative estimate of drug-likeness (QED) is 0.709. The highest BCUT2D eigenvalue weighted by Gasteiger charge is 2.31. The number of thiophene rings is 1. The Morgan fingerprint density at radius 1 is 1.29 bits per heavy atom. The number of rotatable bonds is 1. The van der Waals surface area contributed by atoms with Gasteiger partial charge in [-0.15, -0.1) is 24.5 Å². The lowest BCUT2D eigenvalue weighted by Crippen LogP contribution is -2.17. The molecule has 1 aromatic heterocycles. The van der Waals surface area contributed by atoms with Crippen molar-refractivity contribution in [2.45, 2.75) is 6.36 Å². The largest absolute Gasteiger partial charge is 0.573 e. The van der Waals surface area contributed by atoms with Crippen LogP contribution in [0, 0.1) is 6.07 Å². The Bertz CT molecular complexity index is 446. The number of benzene rings is 1. The summed E-state index contributed by atoms with van der Waals surface area (Å²) in [6.45, 7) is 0. The van der Waals surface area contributed by atoms with Gasteiger partial charge < -0.3 is 4.74 Å². The van der Waals surface area contributed by atoms with Crippen LogP contribution >= 0.6 is 11.3 Å². The molecule has 0 unspecified atom stereocenters. The predicted octanol–water partition coefficient (Wildman–Crippen LogP) is 3.60. The summed E-state index contributed by atoms with van der Waals surface area (Å²) < 4.78 is 40.2. The molecule has 0 aliphatic heterocycles. The number of halogens is 3. The maximum atomic E-state index is 11.9. The van der Waals surface area contributed by atoms with Crippen molar-refractivity contribution in [2.24, 2.45) is 0 Å². The van der Waals surface area contributed by atoms with Crippen LogP contribution in [0.1, 0.15) is 0 Å². The van der Waals surface area contributed by atoms with Gasteiger partial charge in [0.1, 0.15) is 5.75 Å². The van der Waals surface area contributed by atoms with E-state index in [-0.39, 0.29) is 5.75 Å². The Kier molecular flexibility index (Phi) is 2.11. The van der Waals surface area contributed by atoms with Gasteiger partial charge in [-0.3, -0.25) is 0 Å². The van der Waals surface area contributed by atoms with E-state index in [1.807, 2.05) is 0 Å². The minimum atomic E-state index is -4.64. The lowest BCUT2D eigenvalue weighted by atomic mass is 10.2. The molecule has 1 aromatic carbocycles. The molecular weight excluding hydrogens is 213 g/mol. The van der Waals surface area contributed by atoms with E-state index < -0.39 is 6.36 Å². The van der Waals surface area contributed by atoms with Gasteiger partial charge in [0.15, 0.2) is 0 Å². The van der Waals surface area contributed by atoms with Gasteiger partial charge in [0.25, 0.3) is 0 Å². The fourth-order valence-electron chi connectivity index (χ4n) is 1.11. The molecule has 0 bridgehead atoms. The van der Waals surface area contributed by atoms with Gasteiger partial charge in [-0.25, -0.2) is 0 Å². The van der Waals surface area contributed by atoms with Crippen molar-refractivity contribution in [1.82, 2.24) is 0 Å². The van der Waals surface area contributed by atoms with Crippen LogP contribution in [0.15, 0.2) is 23.6 Å². The highest BCUT2D eigenvalue weighted by Crippen LogP contribution is 2.33. The smallest absolute Gasteiger partial charge is 0.404 e. The first-order chi connectivity index (χ1) is 6.56. The van der Waals surface area contributed by atoms with Gasteiger partial charge in [-0.05, 0) is 11.4 Å². The number of ether oxygens (including phenoxy) is 1. The molecule has 0 spiro atoms. The van der Waals surface area contributed by atoms with Gasteiger partial charge >= 0.3 is 6.36 Å². The van der Waals surface area contributed by atoms with Gasteiger partial charge in [0, 0.05) is 11.5 Å². The molecule has 2 aromatic rings. The summed E-state index contributed by atoms with van der Waals surface area (Å²) in [7, 11) is 0. The third kappa shape index (κ3) is 1.82. The third-order valence-corrected chi connectivity index (χ3v) is 2.49. The molecule has 0 fully saturated rings. The first-order valence-corrected chi connectivity index (χ1v) is 4.58. The Hall–Kier alpha value is -1.23. The molecule has 14 heavy (non-hydrogen) atoms. The molecule has 0 N–H and O–H groups in total. The molecule has 0 saturated heterocycles. The second-order valence-corrected chi connectivity index (χ2v) is 3.44. The van der Waals surface area contributed by atoms with Gasteiger partial charge in [-0.2, -0.15) is 0 Å². The number of hydrogen-bond acceptors (Lipinski definition) is 2. The van der Waals surface area contributed by atoms with Crippen LogP contribution in [0.3, 0.4) is 0 Å². The normalized spacial score (nSPS) is 11.9. The van der Waals surface area contributed by atoms with Crippen LogP contribution < -0.4 is 4.74 Å². The van der Waals surface area contributed by atoms with E-state index in [1.165, 1.54) is 23.5 Å². The molecule has 0 aliphatic carbocycles. The van der Waals surface area contributed by atoms with Gasteiger partial charge in [0.2, 0.25) is 0 Å². The second-order valence-electron chi connectivity index (χ2n) is 2.56. The van der Waals surface area contributed by atoms with Crippen LogP contribution in [0.4, 0.5) is 13.2 Å². The second kappa shape index (κ2) is 3.16. The number of alkyl halides is 3. The van der Waals surface area contributed by atoms with Gasteiger partial charge in [-0.1, -0.05) is 12.1 Å². The van der Waals surface area contributed by atoms with E-state index in [1.54, 1.807) is 11.4 Å². The summed E-state index contributed by atoms with van der Waals surface area (Å²) in [6.07, 6.45) is -4.64. The molecule has 0 saturated carbocycles. The summed E-state index contributed by atoms with van der Waals surface area (Å²) in [4.78, 5) is 0. The zero-order chi connectivity index (χ0) is 10.2. The fraction of sp³-hybridized carbons (Fsp3) is 0.111. The summed E-state index contributed by atoms with van der Waals surface area (Å²) in [5.41, 5.74) is 0. The topological polar surface area (TPSA) is 9.23 Å². The van der Waals surface area contributed by atoms with Crippen LogP contribution in [-0.4, -0.2) is 6.36 Å². The van der Waals surface area contributed by atoms with Gasteiger partial charge in [0.05, 0.1) is 4.70 Å². The van der Waals surface area contributed by atoms with Crippen molar-refractivity contribution in [3.63, 3.8) is 0 Å². The van der Waals surface area contributed by atoms with E-state index >= 15 is 0 Å². The average molecular weight is 217 g/mol. The molecule has 73 valence electrons. The molecule has 0 aliphatic rings. The highest BCUT2D eigenvalue weighted by molar-refractivity contribution is 7.17. The van der Waals surface area contributed by atoms with Crippen molar-refractivity contribution >= 4 is 21.4 Å². The SMILES string of the molecule is FC(F)(F)Oc1cccc2[c]csc12. The molecule has 2 rings (SSSR count). The average Bonchev–Trinajstić information content (AvgIpc) is 2.49. The van der Waals surface area contributed by atoms with Crippen LogP contribution in [0.2, 0.25) is 0 Å². The van der Waals surface area contributed by atoms with E-state index in [2.05, 4.69) is 10.8 Å². The van der Waals surface area contributed by atoms with E-state index in [9.17, 15) is 13.2 Å². The monoisotopic (exact) mass is 217 g/mol. The van der Waals surface area contributed by atoms with E-state index in [0.717, 1.165) is 0 Å². The van der Waals surface area contributed by atoms with E-state index in [0.29, 0.717) is 10.1 Å². The minimum Gasteiger partial charge on any atom is -0.404 e. The summed E-state index contributed by atoms with van der Waals surface area (Å²) in [5.74, 6) is -0.166. The third-order valence-electron chi connectivity index (χ3n) is 1.60. The van der Waals surface area contributed by atoms with Crippen LogP contribution in [0.5, 0.6) is 5.75 Å². The Morgan fingerprint density at radius 2 is 2.07 bits per heavy atom. The van der Waals surface area contributed by atoms with Crippen LogP contribution in [0.25, 0.3) is 10.1 Å². The Morgan fingerprint density at radius 3 is 2.79 bits per heavy atom. The fourth-order valence-corrected chi connectivity index (χ4v) is 1.89. The molecule has 1 radical (unpaired) electrons. The van der Waals surface area contributed by atoms with Crippen molar-refractivity contribution in [3.05, 3.63) is 29.6 Å². The molecule has 1 nitrogen and oxygen atoms in total. The minimum absolute atomic E-state index is 0.166. The highest BCUT2D eigenvalue weighted by atomic mass is 32.1. The molecule has 1 heterocycles. The lowest BCUT2D eigenvalue weighted by Gasteiger charge is -2.08. The molecule has 0 atom stereocenters. The maximum Gasteiger partial charge on any atom is 0.573 e. The van der Waals surface area contributed by atoms with E-state index in [4.69, 9.17) is 0 Å². The Labute approximate surface area is 81.7 Å². The lowest BCUT2D eigenvalue weighted by molar-refractivity contribution is -0.274. The summed E-state index contributed by atoms with van der Waals surface area (Å²) >= 11 is 1.17. The maximum absolute atomic E-state index is 11.9. The Balaban J connectivity index is 2.46.